The molecule has 0 aliphatic carbocycles. The molecule has 36 heavy (non-hydrogen) atoms. The number of alkyl halides is 2. The first-order valence-electron chi connectivity index (χ1n) is 12.0. The molecule has 2 aromatic heterocycles. The van der Waals surface area contributed by atoms with Gasteiger partial charge in [-0.3, -0.25) is 0 Å². The van der Waals surface area contributed by atoms with Gasteiger partial charge < -0.3 is 23.2 Å². The zero-order valence-corrected chi connectivity index (χ0v) is 20.3. The smallest absolute Gasteiger partial charge is 0.434 e. The van der Waals surface area contributed by atoms with Gasteiger partial charge in [-0.1, -0.05) is 18.2 Å². The molecule has 0 saturated carbocycles. The van der Waals surface area contributed by atoms with Crippen LogP contribution in [0.25, 0.3) is 22.4 Å². The standard InChI is InChI=1S/C25H24BF2N5O3/c1-24(2)25(3,4)36-26(35-24)13-8-9-15-16(10-13)33-17-11-18(22(33)30-15)32-12-29-31-21(32)14-6-5-7-19(20(14)17)34-23(27)28/h5-10,12,17-18,23H,11H2,1-4H3/t17-,18-/m1/s1. The van der Waals surface area contributed by atoms with E-state index in [2.05, 4.69) is 14.8 Å². The van der Waals surface area contributed by atoms with Gasteiger partial charge >= 0.3 is 13.7 Å². The van der Waals surface area contributed by atoms with Crippen molar-refractivity contribution in [3.05, 3.63) is 54.1 Å². The maximum absolute atomic E-state index is 13.4. The molecule has 11 heteroatoms. The fraction of sp³-hybridized carbons (Fsp3) is 0.400. The van der Waals surface area contributed by atoms with Gasteiger partial charge in [-0.2, -0.15) is 8.78 Å². The van der Waals surface area contributed by atoms with Gasteiger partial charge in [0.1, 0.15) is 17.9 Å². The van der Waals surface area contributed by atoms with Gasteiger partial charge in [-0.05, 0) is 51.4 Å². The topological polar surface area (TPSA) is 76.2 Å². The zero-order chi connectivity index (χ0) is 25.0. The number of halogens is 2. The van der Waals surface area contributed by atoms with Crippen molar-refractivity contribution in [2.45, 2.75) is 64.0 Å². The lowest BCUT2D eigenvalue weighted by atomic mass is 9.79. The van der Waals surface area contributed by atoms with Gasteiger partial charge in [0.25, 0.3) is 0 Å². The minimum Gasteiger partial charge on any atom is -0.434 e. The first kappa shape index (κ1) is 21.9. The average Bonchev–Trinajstić information content (AvgIpc) is 3.53. The zero-order valence-electron chi connectivity index (χ0n) is 20.3. The maximum Gasteiger partial charge on any atom is 0.494 e. The molecule has 2 atom stereocenters. The summed E-state index contributed by atoms with van der Waals surface area (Å²) in [5.41, 5.74) is 3.04. The second-order valence-corrected chi connectivity index (χ2v) is 10.6. The highest BCUT2D eigenvalue weighted by Crippen LogP contribution is 2.51. The Morgan fingerprint density at radius 2 is 1.86 bits per heavy atom. The van der Waals surface area contributed by atoms with Crippen LogP contribution < -0.4 is 10.2 Å². The summed E-state index contributed by atoms with van der Waals surface area (Å²) in [5, 5.41) is 8.44. The average molecular weight is 491 g/mol. The molecular weight excluding hydrogens is 467 g/mol. The molecule has 5 heterocycles. The largest absolute Gasteiger partial charge is 0.494 e. The van der Waals surface area contributed by atoms with Gasteiger partial charge in [-0.25, -0.2) is 4.98 Å². The van der Waals surface area contributed by atoms with E-state index in [1.54, 1.807) is 18.5 Å². The van der Waals surface area contributed by atoms with Crippen molar-refractivity contribution in [3.8, 4) is 17.1 Å². The summed E-state index contributed by atoms with van der Waals surface area (Å²) in [6, 6.07) is 10.7. The number of imidazole rings is 1. The van der Waals surface area contributed by atoms with E-state index < -0.39 is 24.9 Å². The minimum atomic E-state index is -2.94. The normalized spacial score (nSPS) is 23.0. The summed E-state index contributed by atoms with van der Waals surface area (Å²) in [4.78, 5) is 4.96. The molecule has 3 aliphatic rings. The number of rotatable bonds is 3. The second kappa shape index (κ2) is 7.13. The number of fused-ring (bicyclic) bond motifs is 6. The van der Waals surface area contributed by atoms with Crippen molar-refractivity contribution in [1.29, 1.82) is 0 Å². The lowest BCUT2D eigenvalue weighted by Gasteiger charge is -2.32. The van der Waals surface area contributed by atoms with Crippen molar-refractivity contribution < 1.29 is 22.8 Å². The molecule has 8 nitrogen and oxygen atoms in total. The minimum absolute atomic E-state index is 0.138. The Bertz CT molecular complexity index is 1520. The first-order valence-corrected chi connectivity index (χ1v) is 12.0. The van der Waals surface area contributed by atoms with Gasteiger partial charge in [0.05, 0.1) is 34.3 Å². The van der Waals surface area contributed by atoms with E-state index in [0.717, 1.165) is 27.9 Å². The van der Waals surface area contributed by atoms with Crippen molar-refractivity contribution in [2.75, 3.05) is 0 Å². The van der Waals surface area contributed by atoms with E-state index in [1.165, 1.54) is 0 Å². The van der Waals surface area contributed by atoms with Crippen LogP contribution in [0, 0.1) is 0 Å². The molecule has 0 N–H and O–H groups in total. The fourth-order valence-electron chi connectivity index (χ4n) is 5.67. The summed E-state index contributed by atoms with van der Waals surface area (Å²) >= 11 is 0. The van der Waals surface area contributed by atoms with Crippen LogP contribution in [0.15, 0.2) is 42.7 Å². The quantitative estimate of drug-likeness (QED) is 0.402. The summed E-state index contributed by atoms with van der Waals surface area (Å²) in [6.07, 6.45) is 2.30. The summed E-state index contributed by atoms with van der Waals surface area (Å²) in [5.74, 6) is 1.59. The van der Waals surface area contributed by atoms with E-state index in [9.17, 15) is 8.78 Å². The molecule has 0 radical (unpaired) electrons. The molecule has 2 bridgehead atoms. The van der Waals surface area contributed by atoms with E-state index in [-0.39, 0.29) is 17.8 Å². The SMILES string of the molecule is CC1(C)OB(c2ccc3nc4n(c3c2)[C@@H]2C[C@H]4n3cnnc3-c3cccc(OC(F)F)c32)OC1(C)C. The predicted molar refractivity (Wildman–Crippen MR) is 128 cm³/mol. The number of benzene rings is 2. The molecule has 7 rings (SSSR count). The Labute approximate surface area is 206 Å². The van der Waals surface area contributed by atoms with Crippen molar-refractivity contribution in [3.63, 3.8) is 0 Å². The lowest BCUT2D eigenvalue weighted by Crippen LogP contribution is -2.41. The van der Waals surface area contributed by atoms with Crippen LogP contribution in [0.4, 0.5) is 8.78 Å². The third-order valence-electron chi connectivity index (χ3n) is 8.09. The second-order valence-electron chi connectivity index (χ2n) is 10.6. The number of hydrogen-bond acceptors (Lipinski definition) is 6. The maximum atomic E-state index is 13.4. The Hall–Kier alpha value is -3.31. The number of ether oxygens (including phenoxy) is 1. The van der Waals surface area contributed by atoms with Crippen molar-refractivity contribution >= 4 is 23.6 Å². The van der Waals surface area contributed by atoms with E-state index in [1.807, 2.05) is 56.5 Å². The molecule has 1 fully saturated rings. The lowest BCUT2D eigenvalue weighted by molar-refractivity contribution is -0.0506. The summed E-state index contributed by atoms with van der Waals surface area (Å²) in [7, 11) is -0.524. The Morgan fingerprint density at radius 1 is 1.08 bits per heavy atom. The first-order chi connectivity index (χ1) is 17.1. The fourth-order valence-corrected chi connectivity index (χ4v) is 5.67. The number of nitrogens with zero attached hydrogens (tertiary/aromatic N) is 5. The molecule has 2 aromatic carbocycles. The van der Waals surface area contributed by atoms with E-state index in [4.69, 9.17) is 19.0 Å². The Kier molecular flexibility index (Phi) is 4.35. The van der Waals surface area contributed by atoms with Crippen LogP contribution in [0.5, 0.6) is 5.75 Å². The summed E-state index contributed by atoms with van der Waals surface area (Å²) in [6.45, 7) is 5.14. The predicted octanol–water partition coefficient (Wildman–Crippen LogP) is 4.09. The molecule has 3 aliphatic heterocycles. The van der Waals surface area contributed by atoms with Crippen molar-refractivity contribution in [2.24, 2.45) is 0 Å². The molecule has 0 unspecified atom stereocenters. The third-order valence-corrected chi connectivity index (χ3v) is 8.09. The Morgan fingerprint density at radius 3 is 2.61 bits per heavy atom. The van der Waals surface area contributed by atoms with Crippen LogP contribution in [0.2, 0.25) is 0 Å². The summed E-state index contributed by atoms with van der Waals surface area (Å²) < 4.78 is 48.5. The van der Waals surface area contributed by atoms with Gasteiger partial charge in [-0.15, -0.1) is 10.2 Å². The van der Waals surface area contributed by atoms with Crippen LogP contribution in [-0.4, -0.2) is 49.2 Å². The van der Waals surface area contributed by atoms with E-state index in [0.29, 0.717) is 17.8 Å². The monoisotopic (exact) mass is 491 g/mol. The van der Waals surface area contributed by atoms with Gasteiger partial charge in [0.15, 0.2) is 5.82 Å². The number of aromatic nitrogens is 5. The van der Waals surface area contributed by atoms with E-state index >= 15 is 0 Å². The van der Waals surface area contributed by atoms with Gasteiger partial charge in [0.2, 0.25) is 0 Å². The molecule has 0 spiro atoms. The van der Waals surface area contributed by atoms with Crippen LogP contribution in [0.3, 0.4) is 0 Å². The van der Waals surface area contributed by atoms with Crippen LogP contribution >= 0.6 is 0 Å². The highest BCUT2D eigenvalue weighted by molar-refractivity contribution is 6.62. The molecule has 0 amide bonds. The van der Waals surface area contributed by atoms with Crippen LogP contribution in [-0.2, 0) is 9.31 Å². The molecule has 4 aromatic rings. The molecule has 184 valence electrons. The highest BCUT2D eigenvalue weighted by Gasteiger charge is 2.52. The Balaban J connectivity index is 1.43. The third kappa shape index (κ3) is 2.89. The highest BCUT2D eigenvalue weighted by atomic mass is 19.3. The molecule has 1 saturated heterocycles. The van der Waals surface area contributed by atoms with Crippen molar-refractivity contribution in [1.82, 2.24) is 24.3 Å². The molecular formula is C25H24BF2N5O3. The van der Waals surface area contributed by atoms with Gasteiger partial charge in [0, 0.05) is 17.5 Å². The number of hydrogen-bond donors (Lipinski definition) is 0. The van der Waals surface area contributed by atoms with Crippen LogP contribution in [0.1, 0.15) is 57.6 Å².